The van der Waals surface area contributed by atoms with Crippen molar-refractivity contribution in [3.05, 3.63) is 64.9 Å². The van der Waals surface area contributed by atoms with Crippen molar-refractivity contribution in [2.24, 2.45) is 0 Å². The molecule has 1 aromatic heterocycles. The molecule has 1 aliphatic heterocycles. The molecule has 0 aliphatic carbocycles. The van der Waals surface area contributed by atoms with Crippen LogP contribution in [0, 0.1) is 0 Å². The van der Waals surface area contributed by atoms with Gasteiger partial charge < -0.3 is 4.74 Å². The molecule has 1 aromatic carbocycles. The van der Waals surface area contributed by atoms with Crippen molar-refractivity contribution in [1.82, 2.24) is 14.2 Å². The summed E-state index contributed by atoms with van der Waals surface area (Å²) < 4.78 is 33.9. The molecule has 0 bridgehead atoms. The number of rotatable bonds is 6. The first-order valence-electron chi connectivity index (χ1n) is 8.11. The van der Waals surface area contributed by atoms with Crippen LogP contribution in [-0.4, -0.2) is 43.5 Å². The van der Waals surface area contributed by atoms with Gasteiger partial charge in [0, 0.05) is 18.4 Å². The predicted molar refractivity (Wildman–Crippen MR) is 98.0 cm³/mol. The van der Waals surface area contributed by atoms with E-state index in [0.29, 0.717) is 23.7 Å². The van der Waals surface area contributed by atoms with E-state index < -0.39 is 28.3 Å². The van der Waals surface area contributed by atoms with Crippen LogP contribution in [0.1, 0.15) is 28.6 Å². The minimum Gasteiger partial charge on any atom is -0.370 e. The Labute approximate surface area is 162 Å². The molecule has 10 heteroatoms. The van der Waals surface area contributed by atoms with Gasteiger partial charge in [-0.3, -0.25) is 14.6 Å². The third kappa shape index (κ3) is 4.28. The van der Waals surface area contributed by atoms with Gasteiger partial charge in [0.1, 0.15) is 6.10 Å². The number of ether oxygens (including phenoxy) is 1. The maximum absolute atomic E-state index is 12.8. The van der Waals surface area contributed by atoms with Crippen molar-refractivity contribution in [3.63, 3.8) is 0 Å². The largest absolute Gasteiger partial charge is 0.370 e. The lowest BCUT2D eigenvalue weighted by molar-refractivity contribution is -0.0990. The standard InChI is InChI=1S/C17H18ClN3O5S/c1-25-21(27(23,24)20-17(22)12-6-3-2-4-7-12)14-9-11-26-16(14)15-13(18)8-5-10-19-15/h2-8,10,14,16H,9,11H2,1H3,(H,20,22). The molecule has 0 saturated carbocycles. The van der Waals surface area contributed by atoms with Crippen LogP contribution in [0.4, 0.5) is 0 Å². The molecule has 27 heavy (non-hydrogen) atoms. The number of hydrogen-bond acceptors (Lipinski definition) is 6. The Morgan fingerprint density at radius 2 is 2.04 bits per heavy atom. The molecular weight excluding hydrogens is 394 g/mol. The molecule has 2 unspecified atom stereocenters. The molecule has 1 fully saturated rings. The Kier molecular flexibility index (Phi) is 6.08. The van der Waals surface area contributed by atoms with Crippen LogP contribution in [-0.2, 0) is 19.8 Å². The van der Waals surface area contributed by atoms with Crippen molar-refractivity contribution in [2.45, 2.75) is 18.6 Å². The van der Waals surface area contributed by atoms with Crippen molar-refractivity contribution < 1.29 is 22.8 Å². The Morgan fingerprint density at radius 3 is 2.70 bits per heavy atom. The first-order chi connectivity index (χ1) is 12.9. The van der Waals surface area contributed by atoms with E-state index in [-0.39, 0.29) is 5.56 Å². The molecule has 2 aromatic rings. The van der Waals surface area contributed by atoms with E-state index in [4.69, 9.17) is 21.2 Å². The average Bonchev–Trinajstić information content (AvgIpc) is 3.11. The summed E-state index contributed by atoms with van der Waals surface area (Å²) in [6.45, 7) is 0.296. The SMILES string of the molecule is CON(C1CCOC1c1ncccc1Cl)S(=O)(=O)NC(=O)c1ccccc1. The van der Waals surface area contributed by atoms with Gasteiger partial charge in [-0.05, 0) is 30.7 Å². The molecule has 1 amide bonds. The first-order valence-corrected chi connectivity index (χ1v) is 9.93. The number of carbonyl (C=O) groups is 1. The van der Waals surface area contributed by atoms with Gasteiger partial charge in [0.15, 0.2) is 0 Å². The van der Waals surface area contributed by atoms with Crippen LogP contribution in [0.2, 0.25) is 5.02 Å². The lowest BCUT2D eigenvalue weighted by Gasteiger charge is -2.28. The van der Waals surface area contributed by atoms with E-state index in [1.165, 1.54) is 19.2 Å². The van der Waals surface area contributed by atoms with Crippen LogP contribution >= 0.6 is 11.6 Å². The third-order valence-corrected chi connectivity index (χ3v) is 5.72. The zero-order valence-corrected chi connectivity index (χ0v) is 16.0. The zero-order valence-electron chi connectivity index (χ0n) is 14.4. The highest BCUT2D eigenvalue weighted by molar-refractivity contribution is 7.87. The van der Waals surface area contributed by atoms with Crippen LogP contribution in [0.25, 0.3) is 0 Å². The summed E-state index contributed by atoms with van der Waals surface area (Å²) in [6, 6.07) is 10.6. The minimum absolute atomic E-state index is 0.212. The Balaban J connectivity index is 1.84. The van der Waals surface area contributed by atoms with E-state index in [1.807, 2.05) is 4.72 Å². The molecule has 2 heterocycles. The molecule has 1 N–H and O–H groups in total. The van der Waals surface area contributed by atoms with Crippen molar-refractivity contribution in [2.75, 3.05) is 13.7 Å². The molecule has 1 aliphatic rings. The summed E-state index contributed by atoms with van der Waals surface area (Å²) in [5.74, 6) is -0.760. The fourth-order valence-electron chi connectivity index (χ4n) is 2.88. The summed E-state index contributed by atoms with van der Waals surface area (Å²) in [5.41, 5.74) is 0.623. The molecule has 144 valence electrons. The second-order valence-corrected chi connectivity index (χ2v) is 7.68. The smallest absolute Gasteiger partial charge is 0.326 e. The lowest BCUT2D eigenvalue weighted by atomic mass is 10.1. The molecule has 0 spiro atoms. The summed E-state index contributed by atoms with van der Waals surface area (Å²) in [5, 5.41) is 0.358. The highest BCUT2D eigenvalue weighted by atomic mass is 35.5. The van der Waals surface area contributed by atoms with E-state index in [0.717, 1.165) is 4.47 Å². The number of aromatic nitrogens is 1. The number of hydrogen-bond donors (Lipinski definition) is 1. The lowest BCUT2D eigenvalue weighted by Crippen LogP contribution is -2.48. The topological polar surface area (TPSA) is 97.8 Å². The van der Waals surface area contributed by atoms with Gasteiger partial charge in [0.05, 0.1) is 23.9 Å². The quantitative estimate of drug-likeness (QED) is 0.731. The predicted octanol–water partition coefficient (Wildman–Crippen LogP) is 2.10. The number of nitrogens with zero attached hydrogens (tertiary/aromatic N) is 2. The number of nitrogens with one attached hydrogen (secondary N) is 1. The molecule has 1 saturated heterocycles. The molecular formula is C17H18ClN3O5S. The molecule has 2 atom stereocenters. The molecule has 0 radical (unpaired) electrons. The number of carbonyl (C=O) groups excluding carboxylic acids is 1. The van der Waals surface area contributed by atoms with Crippen LogP contribution < -0.4 is 4.72 Å². The Morgan fingerprint density at radius 1 is 1.30 bits per heavy atom. The maximum atomic E-state index is 12.8. The number of halogens is 1. The fraction of sp³-hybridized carbons (Fsp3) is 0.294. The average molecular weight is 412 g/mol. The number of pyridine rings is 1. The Bertz CT molecular complexity index is 910. The van der Waals surface area contributed by atoms with E-state index in [9.17, 15) is 13.2 Å². The molecule has 3 rings (SSSR count). The van der Waals surface area contributed by atoms with Crippen molar-refractivity contribution in [1.29, 1.82) is 0 Å². The fourth-order valence-corrected chi connectivity index (χ4v) is 4.32. The summed E-state index contributed by atoms with van der Waals surface area (Å²) in [4.78, 5) is 21.6. The second-order valence-electron chi connectivity index (χ2n) is 5.76. The highest BCUT2D eigenvalue weighted by Crippen LogP contribution is 2.36. The number of hydroxylamine groups is 1. The summed E-state index contributed by atoms with van der Waals surface area (Å²) in [7, 11) is -3.09. The van der Waals surface area contributed by atoms with Gasteiger partial charge in [-0.25, -0.2) is 4.72 Å². The normalized spacial score (nSPS) is 20.0. The number of benzene rings is 1. The second kappa shape index (κ2) is 8.32. The van der Waals surface area contributed by atoms with Crippen LogP contribution in [0.5, 0.6) is 0 Å². The van der Waals surface area contributed by atoms with E-state index in [1.54, 1.807) is 36.5 Å². The van der Waals surface area contributed by atoms with Gasteiger partial charge in [0.2, 0.25) is 0 Å². The maximum Gasteiger partial charge on any atom is 0.326 e. The minimum atomic E-state index is -4.30. The monoisotopic (exact) mass is 411 g/mol. The van der Waals surface area contributed by atoms with Crippen molar-refractivity contribution >= 4 is 27.7 Å². The number of amides is 1. The van der Waals surface area contributed by atoms with Gasteiger partial charge in [-0.2, -0.15) is 8.42 Å². The van der Waals surface area contributed by atoms with E-state index >= 15 is 0 Å². The summed E-state index contributed by atoms with van der Waals surface area (Å²) >= 11 is 6.18. The Hall–Kier alpha value is -2.04. The van der Waals surface area contributed by atoms with Crippen LogP contribution in [0.15, 0.2) is 48.7 Å². The highest BCUT2D eigenvalue weighted by Gasteiger charge is 2.43. The molecule has 8 nitrogen and oxygen atoms in total. The first kappa shape index (κ1) is 19.7. The van der Waals surface area contributed by atoms with Gasteiger partial charge in [-0.1, -0.05) is 34.3 Å². The third-order valence-electron chi connectivity index (χ3n) is 4.06. The summed E-state index contributed by atoms with van der Waals surface area (Å²) in [6.07, 6.45) is 1.18. The van der Waals surface area contributed by atoms with Gasteiger partial charge in [0.25, 0.3) is 5.91 Å². The van der Waals surface area contributed by atoms with Gasteiger partial charge in [-0.15, -0.1) is 0 Å². The van der Waals surface area contributed by atoms with Crippen molar-refractivity contribution in [3.8, 4) is 0 Å². The van der Waals surface area contributed by atoms with E-state index in [2.05, 4.69) is 4.98 Å². The van der Waals surface area contributed by atoms with Gasteiger partial charge >= 0.3 is 10.2 Å². The van der Waals surface area contributed by atoms with Crippen LogP contribution in [0.3, 0.4) is 0 Å². The zero-order chi connectivity index (χ0) is 19.4.